The standard InChI is InChI=1S/C7H12N2.2CO2/c1-4-7-5-6(2)8-9(7)3;2*2-1-3/h5H,4H2,1-3H3;;. The molecule has 15 heavy (non-hydrogen) atoms. The molecule has 0 N–H and O–H groups in total. The highest BCUT2D eigenvalue weighted by atomic mass is 16.2. The third kappa shape index (κ3) is 8.30. The van der Waals surface area contributed by atoms with E-state index in [2.05, 4.69) is 18.1 Å². The molecule has 1 rings (SSSR count). The highest BCUT2D eigenvalue weighted by Gasteiger charge is 1.96. The third-order valence-corrected chi connectivity index (χ3v) is 1.46. The van der Waals surface area contributed by atoms with Crippen molar-refractivity contribution in [2.45, 2.75) is 20.3 Å². The molecule has 0 atom stereocenters. The highest BCUT2D eigenvalue weighted by molar-refractivity contribution is 5.20. The van der Waals surface area contributed by atoms with Crippen molar-refractivity contribution in [3.05, 3.63) is 17.5 Å². The van der Waals surface area contributed by atoms with Crippen molar-refractivity contribution in [3.8, 4) is 0 Å². The van der Waals surface area contributed by atoms with E-state index in [-0.39, 0.29) is 12.3 Å². The summed E-state index contributed by atoms with van der Waals surface area (Å²) < 4.78 is 1.93. The summed E-state index contributed by atoms with van der Waals surface area (Å²) in [6, 6.07) is 2.11. The average Bonchev–Trinajstić information content (AvgIpc) is 2.47. The number of aryl methyl sites for hydroxylation is 3. The Morgan fingerprint density at radius 2 is 1.67 bits per heavy atom. The lowest BCUT2D eigenvalue weighted by Crippen LogP contribution is -1.95. The summed E-state index contributed by atoms with van der Waals surface area (Å²) >= 11 is 0. The fraction of sp³-hybridized carbons (Fsp3) is 0.444. The summed E-state index contributed by atoms with van der Waals surface area (Å²) in [4.78, 5) is 32.5. The van der Waals surface area contributed by atoms with Gasteiger partial charge in [-0.05, 0) is 19.4 Å². The largest absolute Gasteiger partial charge is 0.373 e. The van der Waals surface area contributed by atoms with Crippen LogP contribution in [0.2, 0.25) is 0 Å². The maximum atomic E-state index is 8.12. The average molecular weight is 212 g/mol. The first-order chi connectivity index (χ1) is 7.06. The topological polar surface area (TPSA) is 86.1 Å². The van der Waals surface area contributed by atoms with E-state index in [0.717, 1.165) is 12.1 Å². The fourth-order valence-electron chi connectivity index (χ4n) is 0.995. The van der Waals surface area contributed by atoms with Crippen molar-refractivity contribution < 1.29 is 19.2 Å². The van der Waals surface area contributed by atoms with Crippen LogP contribution in [0.3, 0.4) is 0 Å². The molecule has 0 saturated heterocycles. The molecule has 1 heterocycles. The summed E-state index contributed by atoms with van der Waals surface area (Å²) in [5.74, 6) is 0. The molecule has 6 heteroatoms. The molecule has 0 aliphatic heterocycles. The molecule has 1 aromatic heterocycles. The number of aromatic nitrogens is 2. The second-order valence-electron chi connectivity index (χ2n) is 2.42. The second kappa shape index (κ2) is 10.1. The molecular weight excluding hydrogens is 200 g/mol. The molecule has 82 valence electrons. The molecule has 0 bridgehead atoms. The highest BCUT2D eigenvalue weighted by Crippen LogP contribution is 2.00. The zero-order chi connectivity index (χ0) is 12.3. The van der Waals surface area contributed by atoms with Crippen molar-refractivity contribution >= 4 is 12.3 Å². The summed E-state index contributed by atoms with van der Waals surface area (Å²) in [6.45, 7) is 4.15. The Balaban J connectivity index is 0. The quantitative estimate of drug-likeness (QED) is 0.660. The van der Waals surface area contributed by atoms with Crippen molar-refractivity contribution in [3.63, 3.8) is 0 Å². The van der Waals surface area contributed by atoms with Gasteiger partial charge in [0.2, 0.25) is 0 Å². The van der Waals surface area contributed by atoms with Crippen LogP contribution >= 0.6 is 0 Å². The first-order valence-corrected chi connectivity index (χ1v) is 4.05. The molecule has 0 radical (unpaired) electrons. The van der Waals surface area contributed by atoms with Crippen LogP contribution < -0.4 is 0 Å². The molecule has 0 unspecified atom stereocenters. The number of hydrogen-bond acceptors (Lipinski definition) is 5. The molecule has 1 aromatic rings. The second-order valence-corrected chi connectivity index (χ2v) is 2.42. The van der Waals surface area contributed by atoms with Gasteiger partial charge < -0.3 is 0 Å². The van der Waals surface area contributed by atoms with Gasteiger partial charge in [-0.2, -0.15) is 24.3 Å². The predicted octanol–water partition coefficient (Wildman–Crippen LogP) is 0.124. The van der Waals surface area contributed by atoms with Crippen molar-refractivity contribution in [2.24, 2.45) is 7.05 Å². The summed E-state index contributed by atoms with van der Waals surface area (Å²) in [6.07, 6.45) is 1.57. The minimum absolute atomic E-state index is 0.250. The predicted molar refractivity (Wildman–Crippen MR) is 47.3 cm³/mol. The Labute approximate surface area is 86.9 Å². The van der Waals surface area contributed by atoms with E-state index < -0.39 is 0 Å². The first kappa shape index (κ1) is 15.4. The maximum absolute atomic E-state index is 8.12. The Hall–Kier alpha value is -2.03. The monoisotopic (exact) mass is 212 g/mol. The minimum Gasteiger partial charge on any atom is -0.272 e. The number of carbonyl (C=O) groups excluding carboxylic acids is 4. The lowest BCUT2D eigenvalue weighted by atomic mass is 10.3. The zero-order valence-corrected chi connectivity index (χ0v) is 8.81. The minimum atomic E-state index is 0.250. The summed E-state index contributed by atoms with van der Waals surface area (Å²) in [5, 5.41) is 4.20. The van der Waals surface area contributed by atoms with Gasteiger partial charge in [-0.15, -0.1) is 0 Å². The fourth-order valence-corrected chi connectivity index (χ4v) is 0.995. The van der Waals surface area contributed by atoms with Crippen LogP contribution in [0.1, 0.15) is 18.3 Å². The Bertz CT molecular complexity index is 333. The molecule has 6 nitrogen and oxygen atoms in total. The summed E-state index contributed by atoms with van der Waals surface area (Å²) in [7, 11) is 1.98. The van der Waals surface area contributed by atoms with E-state index in [9.17, 15) is 0 Å². The van der Waals surface area contributed by atoms with Gasteiger partial charge >= 0.3 is 12.3 Å². The lowest BCUT2D eigenvalue weighted by Gasteiger charge is -1.92. The third-order valence-electron chi connectivity index (χ3n) is 1.46. The van der Waals surface area contributed by atoms with Crippen molar-refractivity contribution in [1.29, 1.82) is 0 Å². The van der Waals surface area contributed by atoms with Crippen LogP contribution in [0.15, 0.2) is 6.07 Å². The van der Waals surface area contributed by atoms with E-state index in [1.54, 1.807) is 0 Å². The maximum Gasteiger partial charge on any atom is 0.373 e. The van der Waals surface area contributed by atoms with Gasteiger partial charge in [0.25, 0.3) is 0 Å². The molecule has 0 saturated carbocycles. The van der Waals surface area contributed by atoms with E-state index in [0.29, 0.717) is 0 Å². The van der Waals surface area contributed by atoms with E-state index in [4.69, 9.17) is 19.2 Å². The van der Waals surface area contributed by atoms with Gasteiger partial charge in [0.15, 0.2) is 0 Å². The Morgan fingerprint density at radius 1 is 1.27 bits per heavy atom. The van der Waals surface area contributed by atoms with E-state index in [1.807, 2.05) is 18.7 Å². The Kier molecular flexibility index (Phi) is 10.4. The van der Waals surface area contributed by atoms with Crippen LogP contribution in [-0.2, 0) is 32.6 Å². The van der Waals surface area contributed by atoms with Crippen molar-refractivity contribution in [2.75, 3.05) is 0 Å². The van der Waals surface area contributed by atoms with E-state index in [1.165, 1.54) is 5.69 Å². The molecule has 0 aromatic carbocycles. The van der Waals surface area contributed by atoms with E-state index >= 15 is 0 Å². The zero-order valence-electron chi connectivity index (χ0n) is 8.81. The number of hydrogen-bond donors (Lipinski definition) is 0. The van der Waals surface area contributed by atoms with Crippen LogP contribution in [0, 0.1) is 6.92 Å². The van der Waals surface area contributed by atoms with Crippen LogP contribution in [0.5, 0.6) is 0 Å². The molecular formula is C9H12N2O4. The molecule has 0 amide bonds. The van der Waals surface area contributed by atoms with Crippen LogP contribution in [-0.4, -0.2) is 22.1 Å². The van der Waals surface area contributed by atoms with Gasteiger partial charge in [-0.3, -0.25) is 4.68 Å². The first-order valence-electron chi connectivity index (χ1n) is 4.05. The number of nitrogens with zero attached hydrogens (tertiary/aromatic N) is 2. The SMILES string of the molecule is CCc1cc(C)nn1C.O=C=O.O=C=O. The van der Waals surface area contributed by atoms with Crippen LogP contribution in [0.4, 0.5) is 0 Å². The smallest absolute Gasteiger partial charge is 0.272 e. The van der Waals surface area contributed by atoms with Gasteiger partial charge in [-0.25, -0.2) is 0 Å². The van der Waals surface area contributed by atoms with Gasteiger partial charge in [0.1, 0.15) is 0 Å². The van der Waals surface area contributed by atoms with Crippen LogP contribution in [0.25, 0.3) is 0 Å². The molecule has 0 aliphatic rings. The summed E-state index contributed by atoms with van der Waals surface area (Å²) in [5.41, 5.74) is 2.40. The molecule has 0 aliphatic carbocycles. The Morgan fingerprint density at radius 3 is 1.80 bits per heavy atom. The van der Waals surface area contributed by atoms with Crippen molar-refractivity contribution in [1.82, 2.24) is 9.78 Å². The molecule has 0 fully saturated rings. The van der Waals surface area contributed by atoms with Gasteiger partial charge in [0, 0.05) is 12.7 Å². The lowest BCUT2D eigenvalue weighted by molar-refractivity contribution is -0.193. The van der Waals surface area contributed by atoms with Gasteiger partial charge in [-0.1, -0.05) is 6.92 Å². The molecule has 0 spiro atoms. The van der Waals surface area contributed by atoms with Gasteiger partial charge in [0.05, 0.1) is 5.69 Å². The number of rotatable bonds is 1. The normalized spacial score (nSPS) is 7.13.